The van der Waals surface area contributed by atoms with E-state index >= 15 is 0 Å². The molecule has 2 heteroatoms. The molecule has 0 amide bonds. The monoisotopic (exact) mass is 254 g/mol. The zero-order valence-corrected chi connectivity index (χ0v) is 11.8. The van der Waals surface area contributed by atoms with E-state index in [4.69, 9.17) is 0 Å². The van der Waals surface area contributed by atoms with Gasteiger partial charge in [0.2, 0.25) is 0 Å². The van der Waals surface area contributed by atoms with Crippen molar-refractivity contribution < 1.29 is 0 Å². The number of benzene rings is 2. The molecule has 0 aliphatic carbocycles. The van der Waals surface area contributed by atoms with E-state index in [1.807, 2.05) is 0 Å². The van der Waals surface area contributed by atoms with Gasteiger partial charge in [0.15, 0.2) is 0 Å². The standard InChI is InChI=1S/C17H22N2/c1-13(19-10-9-17(12-19)18-2)15-8-7-14-5-3-4-6-16(14)11-15/h3-8,11,13,17-18H,9-10,12H2,1-2H3. The van der Waals surface area contributed by atoms with Gasteiger partial charge < -0.3 is 5.32 Å². The number of nitrogens with zero attached hydrogens (tertiary/aromatic N) is 1. The van der Waals surface area contributed by atoms with Gasteiger partial charge in [-0.1, -0.05) is 36.4 Å². The zero-order chi connectivity index (χ0) is 13.2. The molecule has 100 valence electrons. The topological polar surface area (TPSA) is 15.3 Å². The Morgan fingerprint density at radius 2 is 1.95 bits per heavy atom. The van der Waals surface area contributed by atoms with Crippen LogP contribution >= 0.6 is 0 Å². The van der Waals surface area contributed by atoms with Crippen molar-refractivity contribution in [1.82, 2.24) is 10.2 Å². The highest BCUT2D eigenvalue weighted by Gasteiger charge is 2.25. The largest absolute Gasteiger partial charge is 0.316 e. The second-order valence-electron chi connectivity index (χ2n) is 5.55. The van der Waals surface area contributed by atoms with Gasteiger partial charge in [-0.15, -0.1) is 0 Å². The van der Waals surface area contributed by atoms with E-state index in [2.05, 4.69) is 66.7 Å². The molecule has 2 aromatic rings. The van der Waals surface area contributed by atoms with Crippen molar-refractivity contribution >= 4 is 10.8 Å². The number of fused-ring (bicyclic) bond motifs is 1. The van der Waals surface area contributed by atoms with Crippen LogP contribution in [0.1, 0.15) is 24.9 Å². The van der Waals surface area contributed by atoms with Crippen LogP contribution in [0.3, 0.4) is 0 Å². The molecule has 0 spiro atoms. The van der Waals surface area contributed by atoms with E-state index in [1.165, 1.54) is 29.3 Å². The quantitative estimate of drug-likeness (QED) is 0.905. The summed E-state index contributed by atoms with van der Waals surface area (Å²) in [6.45, 7) is 4.67. The molecule has 1 fully saturated rings. The summed E-state index contributed by atoms with van der Waals surface area (Å²) in [7, 11) is 2.06. The normalized spacial score (nSPS) is 21.9. The Hall–Kier alpha value is -1.38. The molecule has 0 aromatic heterocycles. The van der Waals surface area contributed by atoms with Crippen LogP contribution in [-0.4, -0.2) is 31.1 Å². The van der Waals surface area contributed by atoms with Crippen LogP contribution in [-0.2, 0) is 0 Å². The fourth-order valence-electron chi connectivity index (χ4n) is 3.05. The fraction of sp³-hybridized carbons (Fsp3) is 0.412. The highest BCUT2D eigenvalue weighted by atomic mass is 15.2. The second kappa shape index (κ2) is 5.32. The summed E-state index contributed by atoms with van der Waals surface area (Å²) in [6.07, 6.45) is 1.26. The minimum absolute atomic E-state index is 0.503. The summed E-state index contributed by atoms with van der Waals surface area (Å²) in [5, 5.41) is 6.06. The third kappa shape index (κ3) is 2.51. The lowest BCUT2D eigenvalue weighted by Crippen LogP contribution is -2.31. The molecule has 19 heavy (non-hydrogen) atoms. The van der Waals surface area contributed by atoms with Crippen LogP contribution < -0.4 is 5.32 Å². The fourth-order valence-corrected chi connectivity index (χ4v) is 3.05. The molecular formula is C17H22N2. The van der Waals surface area contributed by atoms with Crippen molar-refractivity contribution in [3.63, 3.8) is 0 Å². The molecule has 0 saturated carbocycles. The maximum Gasteiger partial charge on any atom is 0.0320 e. The van der Waals surface area contributed by atoms with Crippen molar-refractivity contribution in [3.8, 4) is 0 Å². The molecule has 3 rings (SSSR count). The van der Waals surface area contributed by atoms with Crippen LogP contribution in [0, 0.1) is 0 Å². The third-order valence-electron chi connectivity index (χ3n) is 4.43. The van der Waals surface area contributed by atoms with E-state index in [1.54, 1.807) is 0 Å². The summed E-state index contributed by atoms with van der Waals surface area (Å²) in [6, 6.07) is 16.6. The number of rotatable bonds is 3. The van der Waals surface area contributed by atoms with Gasteiger partial charge in [0.05, 0.1) is 0 Å². The molecule has 0 radical (unpaired) electrons. The van der Waals surface area contributed by atoms with Gasteiger partial charge in [0.1, 0.15) is 0 Å². The van der Waals surface area contributed by atoms with Crippen LogP contribution in [0.4, 0.5) is 0 Å². The maximum absolute atomic E-state index is 3.39. The van der Waals surface area contributed by atoms with Crippen LogP contribution in [0.5, 0.6) is 0 Å². The Kier molecular flexibility index (Phi) is 3.54. The molecule has 1 aliphatic rings. The van der Waals surface area contributed by atoms with Gasteiger partial charge in [-0.05, 0) is 42.8 Å². The van der Waals surface area contributed by atoms with Crippen molar-refractivity contribution in [2.45, 2.75) is 25.4 Å². The first kappa shape index (κ1) is 12.6. The lowest BCUT2D eigenvalue weighted by atomic mass is 10.0. The van der Waals surface area contributed by atoms with Crippen molar-refractivity contribution in [2.24, 2.45) is 0 Å². The van der Waals surface area contributed by atoms with Crippen LogP contribution in [0.15, 0.2) is 42.5 Å². The molecule has 2 nitrogen and oxygen atoms in total. The molecular weight excluding hydrogens is 232 g/mol. The lowest BCUT2D eigenvalue weighted by Gasteiger charge is -2.25. The lowest BCUT2D eigenvalue weighted by molar-refractivity contribution is 0.257. The van der Waals surface area contributed by atoms with Crippen molar-refractivity contribution in [1.29, 1.82) is 0 Å². The molecule has 2 unspecified atom stereocenters. The minimum atomic E-state index is 0.503. The molecule has 1 N–H and O–H groups in total. The van der Waals surface area contributed by atoms with E-state index in [0.717, 1.165) is 6.54 Å². The summed E-state index contributed by atoms with van der Waals surface area (Å²) < 4.78 is 0. The smallest absolute Gasteiger partial charge is 0.0320 e. The van der Waals surface area contributed by atoms with E-state index < -0.39 is 0 Å². The highest BCUT2D eigenvalue weighted by molar-refractivity contribution is 5.83. The molecule has 2 aromatic carbocycles. The Morgan fingerprint density at radius 1 is 1.16 bits per heavy atom. The number of hydrogen-bond acceptors (Lipinski definition) is 2. The van der Waals surface area contributed by atoms with Crippen LogP contribution in [0.2, 0.25) is 0 Å². The van der Waals surface area contributed by atoms with Crippen molar-refractivity contribution in [3.05, 3.63) is 48.0 Å². The molecule has 1 aliphatic heterocycles. The average Bonchev–Trinajstić information content (AvgIpc) is 2.95. The number of hydrogen-bond donors (Lipinski definition) is 1. The average molecular weight is 254 g/mol. The van der Waals surface area contributed by atoms with Gasteiger partial charge in [0, 0.05) is 25.2 Å². The van der Waals surface area contributed by atoms with Crippen molar-refractivity contribution in [2.75, 3.05) is 20.1 Å². The van der Waals surface area contributed by atoms with Crippen LogP contribution in [0.25, 0.3) is 10.8 Å². The van der Waals surface area contributed by atoms with Gasteiger partial charge in [0.25, 0.3) is 0 Å². The zero-order valence-electron chi connectivity index (χ0n) is 11.8. The summed E-state index contributed by atoms with van der Waals surface area (Å²) in [5.41, 5.74) is 1.43. The third-order valence-corrected chi connectivity index (χ3v) is 4.43. The van der Waals surface area contributed by atoms with E-state index in [9.17, 15) is 0 Å². The molecule has 1 saturated heterocycles. The number of likely N-dealkylation sites (N-methyl/N-ethyl adjacent to an activating group) is 1. The Bertz CT molecular complexity index is 564. The molecule has 1 heterocycles. The SMILES string of the molecule is CNC1CCN(C(C)c2ccc3ccccc3c2)C1. The predicted molar refractivity (Wildman–Crippen MR) is 81.4 cm³/mol. The first-order valence-electron chi connectivity index (χ1n) is 7.18. The predicted octanol–water partition coefficient (Wildman–Crippen LogP) is 3.19. The number of nitrogens with one attached hydrogen (secondary N) is 1. The highest BCUT2D eigenvalue weighted by Crippen LogP contribution is 2.27. The summed E-state index contributed by atoms with van der Waals surface area (Å²) in [4.78, 5) is 2.57. The summed E-state index contributed by atoms with van der Waals surface area (Å²) in [5.74, 6) is 0. The van der Waals surface area contributed by atoms with Gasteiger partial charge in [-0.25, -0.2) is 0 Å². The van der Waals surface area contributed by atoms with E-state index in [-0.39, 0.29) is 0 Å². The summed E-state index contributed by atoms with van der Waals surface area (Å²) >= 11 is 0. The van der Waals surface area contributed by atoms with E-state index in [0.29, 0.717) is 12.1 Å². The Morgan fingerprint density at radius 3 is 2.68 bits per heavy atom. The maximum atomic E-state index is 3.39. The van der Waals surface area contributed by atoms with Gasteiger partial charge in [-0.2, -0.15) is 0 Å². The Labute approximate surface area is 115 Å². The molecule has 2 atom stereocenters. The van der Waals surface area contributed by atoms with Gasteiger partial charge in [-0.3, -0.25) is 4.90 Å². The minimum Gasteiger partial charge on any atom is -0.316 e. The Balaban J connectivity index is 1.83. The first-order valence-corrected chi connectivity index (χ1v) is 7.18. The van der Waals surface area contributed by atoms with Gasteiger partial charge >= 0.3 is 0 Å². The second-order valence-corrected chi connectivity index (χ2v) is 5.55. The molecule has 0 bridgehead atoms. The number of likely N-dealkylation sites (tertiary alicyclic amines) is 1. The first-order chi connectivity index (χ1) is 9.28.